The highest BCUT2D eigenvalue weighted by Gasteiger charge is 2.26. The Hall–Kier alpha value is -2.45. The zero-order valence-corrected chi connectivity index (χ0v) is 11.2. The molecule has 1 aliphatic heterocycles. The number of hydrogen-bond acceptors (Lipinski definition) is 9. The van der Waals surface area contributed by atoms with Crippen molar-refractivity contribution in [1.29, 1.82) is 0 Å². The number of rotatable bonds is 5. The van der Waals surface area contributed by atoms with Gasteiger partial charge >= 0.3 is 6.09 Å². The molecule has 0 saturated carbocycles. The molecule has 0 saturated heterocycles. The Balaban J connectivity index is 2.67. The summed E-state index contributed by atoms with van der Waals surface area (Å²) in [6.07, 6.45) is 1.25. The number of isocyanates is 1. The quantitative estimate of drug-likeness (QED) is 0.404. The molecule has 1 amide bonds. The molecule has 0 aromatic heterocycles. The number of nitrogens with zero attached hydrogens (tertiary/aromatic N) is 4. The smallest absolute Gasteiger partial charge is 0.414 e. The van der Waals surface area contributed by atoms with Crippen molar-refractivity contribution >= 4 is 24.1 Å². The summed E-state index contributed by atoms with van der Waals surface area (Å²) in [5, 5.41) is 6.51. The van der Waals surface area contributed by atoms with Crippen LogP contribution in [0.5, 0.6) is 0 Å². The van der Waals surface area contributed by atoms with Crippen LogP contribution in [0.25, 0.3) is 0 Å². The lowest BCUT2D eigenvalue weighted by molar-refractivity contribution is 0.0129. The van der Waals surface area contributed by atoms with Crippen molar-refractivity contribution in [2.75, 3.05) is 13.7 Å². The van der Waals surface area contributed by atoms with E-state index in [0.29, 0.717) is 6.61 Å². The third kappa shape index (κ3) is 4.34. The molecule has 0 radical (unpaired) electrons. The first-order valence-electron chi connectivity index (χ1n) is 5.88. The topological polar surface area (TPSA) is 131 Å². The normalized spacial score (nSPS) is 17.7. The lowest BCUT2D eigenvalue weighted by Crippen LogP contribution is -2.47. The van der Waals surface area contributed by atoms with Crippen molar-refractivity contribution in [2.24, 2.45) is 20.8 Å². The summed E-state index contributed by atoms with van der Waals surface area (Å²) in [4.78, 5) is 29.3. The van der Waals surface area contributed by atoms with Gasteiger partial charge in [0.25, 0.3) is 12.4 Å². The maximum absolute atomic E-state index is 11.4. The zero-order chi connectivity index (χ0) is 15.0. The van der Waals surface area contributed by atoms with Gasteiger partial charge in [0.2, 0.25) is 11.9 Å². The minimum absolute atomic E-state index is 0.0896. The van der Waals surface area contributed by atoms with Crippen LogP contribution in [-0.4, -0.2) is 49.2 Å². The average molecular weight is 284 g/mol. The van der Waals surface area contributed by atoms with E-state index < -0.39 is 12.4 Å². The summed E-state index contributed by atoms with van der Waals surface area (Å²) in [5.41, 5.74) is 5.57. The van der Waals surface area contributed by atoms with Crippen LogP contribution in [0.2, 0.25) is 0 Å². The van der Waals surface area contributed by atoms with Gasteiger partial charge < -0.3 is 15.2 Å². The van der Waals surface area contributed by atoms with Gasteiger partial charge in [0.15, 0.2) is 0 Å². The van der Waals surface area contributed by atoms with E-state index in [1.54, 1.807) is 0 Å². The molecule has 0 aliphatic carbocycles. The largest absolute Gasteiger partial charge is 0.449 e. The van der Waals surface area contributed by atoms with Gasteiger partial charge in [0.1, 0.15) is 0 Å². The number of nitrogens with one attached hydrogen (secondary N) is 1. The summed E-state index contributed by atoms with van der Waals surface area (Å²) in [5.74, 6) is -0.257. The molecule has 20 heavy (non-hydrogen) atoms. The Kier molecular flexibility index (Phi) is 6.14. The van der Waals surface area contributed by atoms with Gasteiger partial charge in [0, 0.05) is 7.11 Å². The Morgan fingerprint density at radius 1 is 1.65 bits per heavy atom. The number of aliphatic imine (C=N–C) groups is 2. The maximum atomic E-state index is 11.4. The van der Waals surface area contributed by atoms with E-state index in [2.05, 4.69) is 20.4 Å². The number of amides is 1. The zero-order valence-electron chi connectivity index (χ0n) is 11.2. The van der Waals surface area contributed by atoms with Crippen molar-refractivity contribution in [3.63, 3.8) is 0 Å². The van der Waals surface area contributed by atoms with Gasteiger partial charge in [-0.15, -0.1) is 0 Å². The minimum atomic E-state index is -1.01. The number of ether oxygens (including phenoxy) is 2. The predicted molar refractivity (Wildman–Crippen MR) is 69.2 cm³/mol. The molecule has 1 aliphatic rings. The molecule has 110 valence electrons. The van der Waals surface area contributed by atoms with E-state index in [-0.39, 0.29) is 11.9 Å². The second-order valence-electron chi connectivity index (χ2n) is 3.64. The summed E-state index contributed by atoms with van der Waals surface area (Å²) < 4.78 is 9.83. The molecule has 0 aromatic rings. The van der Waals surface area contributed by atoms with E-state index in [4.69, 9.17) is 15.2 Å². The molecule has 0 bridgehead atoms. The lowest BCUT2D eigenvalue weighted by atomic mass is 10.4. The van der Waals surface area contributed by atoms with Crippen LogP contribution in [0.1, 0.15) is 19.8 Å². The third-order valence-corrected chi connectivity index (χ3v) is 2.20. The van der Waals surface area contributed by atoms with Crippen molar-refractivity contribution in [1.82, 2.24) is 10.3 Å². The van der Waals surface area contributed by atoms with Gasteiger partial charge in [-0.1, -0.05) is 18.4 Å². The molecule has 1 atom stereocenters. The van der Waals surface area contributed by atoms with Crippen LogP contribution in [0.3, 0.4) is 0 Å². The average Bonchev–Trinajstić information content (AvgIpc) is 2.41. The van der Waals surface area contributed by atoms with E-state index in [0.717, 1.165) is 17.9 Å². The first-order chi connectivity index (χ1) is 9.62. The van der Waals surface area contributed by atoms with Crippen molar-refractivity contribution in [3.05, 3.63) is 0 Å². The summed E-state index contributed by atoms with van der Waals surface area (Å²) in [7, 11) is 1.33. The van der Waals surface area contributed by atoms with Crippen LogP contribution in [0.15, 0.2) is 15.1 Å². The molecule has 1 unspecified atom stereocenters. The highest BCUT2D eigenvalue weighted by molar-refractivity contribution is 6.02. The van der Waals surface area contributed by atoms with Crippen LogP contribution in [0, 0.1) is 0 Å². The molecular weight excluding hydrogens is 268 g/mol. The number of methoxy groups -OCH3 is 1. The SMILES string of the molecule is CCCCOC(=O)NC1=NC(OC)N(N=C=O)C(N)=N1. The number of guanidine groups is 2. The van der Waals surface area contributed by atoms with Crippen molar-refractivity contribution in [2.45, 2.75) is 26.1 Å². The molecule has 1 heterocycles. The second-order valence-corrected chi connectivity index (χ2v) is 3.64. The Morgan fingerprint density at radius 3 is 3.00 bits per heavy atom. The number of unbranched alkanes of at least 4 members (excludes halogenated alkanes) is 1. The molecular formula is C10H16N6O4. The van der Waals surface area contributed by atoms with E-state index >= 15 is 0 Å². The number of nitrogens with two attached hydrogens (primary N) is 1. The van der Waals surface area contributed by atoms with E-state index in [1.807, 2.05) is 6.92 Å². The molecule has 3 N–H and O–H groups in total. The van der Waals surface area contributed by atoms with Crippen LogP contribution >= 0.6 is 0 Å². The third-order valence-electron chi connectivity index (χ3n) is 2.20. The Bertz CT molecular complexity index is 457. The first-order valence-corrected chi connectivity index (χ1v) is 5.88. The Morgan fingerprint density at radius 2 is 2.40 bits per heavy atom. The second kappa shape index (κ2) is 7.87. The summed E-state index contributed by atoms with van der Waals surface area (Å²) >= 11 is 0. The minimum Gasteiger partial charge on any atom is -0.449 e. The van der Waals surface area contributed by atoms with Gasteiger partial charge in [0.05, 0.1) is 6.61 Å². The molecule has 10 nitrogen and oxygen atoms in total. The van der Waals surface area contributed by atoms with Crippen molar-refractivity contribution in [3.8, 4) is 0 Å². The maximum Gasteiger partial charge on any atom is 0.414 e. The number of carbonyl (C=O) groups excluding carboxylic acids is 2. The fourth-order valence-corrected chi connectivity index (χ4v) is 1.26. The standard InChI is InChI=1S/C10H16N6O4/c1-3-4-5-20-10(18)15-8-13-7(11)16(12-6-17)9(14-8)19-2/h9H,3-5H2,1-2H3,(H3,11,13,14,15,18). The first kappa shape index (κ1) is 15.6. The van der Waals surface area contributed by atoms with Gasteiger partial charge in [-0.25, -0.2) is 9.59 Å². The van der Waals surface area contributed by atoms with E-state index in [1.165, 1.54) is 13.2 Å². The summed E-state index contributed by atoms with van der Waals surface area (Å²) in [6.45, 7) is 2.27. The predicted octanol–water partition coefficient (Wildman–Crippen LogP) is -0.320. The fourth-order valence-electron chi connectivity index (χ4n) is 1.26. The molecule has 1 rings (SSSR count). The number of alkyl carbamates (subject to hydrolysis) is 1. The number of hydrogen-bond donors (Lipinski definition) is 2. The number of carbonyl (C=O) groups is 1. The van der Waals surface area contributed by atoms with Crippen molar-refractivity contribution < 1.29 is 19.1 Å². The van der Waals surface area contributed by atoms with Gasteiger partial charge in [-0.3, -0.25) is 5.32 Å². The van der Waals surface area contributed by atoms with Gasteiger partial charge in [-0.05, 0) is 6.42 Å². The summed E-state index contributed by atoms with van der Waals surface area (Å²) in [6, 6.07) is 0. The van der Waals surface area contributed by atoms with E-state index in [9.17, 15) is 9.59 Å². The lowest BCUT2D eigenvalue weighted by Gasteiger charge is -2.25. The van der Waals surface area contributed by atoms with Crippen LogP contribution < -0.4 is 11.1 Å². The fraction of sp³-hybridized carbons (Fsp3) is 0.600. The molecule has 0 fully saturated rings. The highest BCUT2D eigenvalue weighted by atomic mass is 16.5. The molecule has 0 aromatic carbocycles. The molecule has 0 spiro atoms. The highest BCUT2D eigenvalue weighted by Crippen LogP contribution is 2.08. The van der Waals surface area contributed by atoms with Crippen LogP contribution in [0.4, 0.5) is 4.79 Å². The van der Waals surface area contributed by atoms with Crippen LogP contribution in [-0.2, 0) is 14.3 Å². The monoisotopic (exact) mass is 284 g/mol. The Labute approximate surface area is 115 Å². The number of hydrazone groups is 1. The molecule has 10 heteroatoms. The van der Waals surface area contributed by atoms with Gasteiger partial charge in [-0.2, -0.15) is 15.0 Å².